The SMILES string of the molecule is COC1O[C@@]2(C(=O)CC2[Si](C)(C)C)C2OC(C)(C)OC12. The summed E-state index contributed by atoms with van der Waals surface area (Å²) < 4.78 is 23.4. The molecule has 1 saturated carbocycles. The molecule has 6 heteroatoms. The Balaban J connectivity index is 1.99. The molecule has 3 rings (SSSR count). The van der Waals surface area contributed by atoms with E-state index in [-0.39, 0.29) is 23.5 Å². The quantitative estimate of drug-likeness (QED) is 0.729. The summed E-state index contributed by atoms with van der Waals surface area (Å²) >= 11 is 0. The summed E-state index contributed by atoms with van der Waals surface area (Å²) in [6.07, 6.45) is -0.595. The molecule has 114 valence electrons. The first-order chi connectivity index (χ1) is 9.12. The first kappa shape index (κ1) is 14.7. The number of carbonyl (C=O) groups excluding carboxylic acids is 1. The minimum absolute atomic E-state index is 0.140. The lowest BCUT2D eigenvalue weighted by atomic mass is 9.73. The normalized spacial score (nSPS) is 46.6. The van der Waals surface area contributed by atoms with Crippen LogP contribution in [0.5, 0.6) is 0 Å². The third-order valence-corrected chi connectivity index (χ3v) is 7.48. The molecule has 2 saturated heterocycles. The number of carbonyl (C=O) groups is 1. The molecule has 0 N–H and O–H groups in total. The third kappa shape index (κ3) is 1.78. The molecule has 0 bridgehead atoms. The summed E-state index contributed by atoms with van der Waals surface area (Å²) in [6, 6.07) is 0. The summed E-state index contributed by atoms with van der Waals surface area (Å²) in [4.78, 5) is 12.4. The Labute approximate surface area is 120 Å². The molecule has 0 amide bonds. The molecular weight excluding hydrogens is 276 g/mol. The average molecular weight is 300 g/mol. The molecule has 5 atom stereocenters. The van der Waals surface area contributed by atoms with Crippen LogP contribution in [0, 0.1) is 0 Å². The topological polar surface area (TPSA) is 54.0 Å². The van der Waals surface area contributed by atoms with Gasteiger partial charge in [-0.3, -0.25) is 4.79 Å². The van der Waals surface area contributed by atoms with Gasteiger partial charge in [0.25, 0.3) is 0 Å². The van der Waals surface area contributed by atoms with Gasteiger partial charge in [-0.1, -0.05) is 19.6 Å². The van der Waals surface area contributed by atoms with Gasteiger partial charge in [-0.2, -0.15) is 0 Å². The number of ether oxygens (including phenoxy) is 4. The summed E-state index contributed by atoms with van der Waals surface area (Å²) in [5, 5.41) is 0. The van der Waals surface area contributed by atoms with Crippen LogP contribution in [0.25, 0.3) is 0 Å². The van der Waals surface area contributed by atoms with Gasteiger partial charge in [0.15, 0.2) is 23.5 Å². The second-order valence-corrected chi connectivity index (χ2v) is 13.0. The van der Waals surface area contributed by atoms with Gasteiger partial charge in [-0.05, 0) is 19.4 Å². The van der Waals surface area contributed by atoms with Gasteiger partial charge in [0.1, 0.15) is 12.2 Å². The van der Waals surface area contributed by atoms with E-state index < -0.39 is 25.8 Å². The zero-order chi connectivity index (χ0) is 14.9. The molecule has 0 aromatic carbocycles. The van der Waals surface area contributed by atoms with Gasteiger partial charge in [0.2, 0.25) is 0 Å². The number of methoxy groups -OCH3 is 1. The van der Waals surface area contributed by atoms with Crippen LogP contribution < -0.4 is 0 Å². The van der Waals surface area contributed by atoms with Crippen LogP contribution in [-0.2, 0) is 23.7 Å². The number of rotatable bonds is 2. The molecule has 3 aliphatic rings. The van der Waals surface area contributed by atoms with Crippen LogP contribution in [0.4, 0.5) is 0 Å². The van der Waals surface area contributed by atoms with E-state index in [9.17, 15) is 4.79 Å². The van der Waals surface area contributed by atoms with Gasteiger partial charge in [-0.15, -0.1) is 0 Å². The van der Waals surface area contributed by atoms with Crippen molar-refractivity contribution in [3.05, 3.63) is 0 Å². The van der Waals surface area contributed by atoms with Crippen molar-refractivity contribution in [2.24, 2.45) is 0 Å². The minimum Gasteiger partial charge on any atom is -0.353 e. The maximum Gasteiger partial charge on any atom is 0.187 e. The summed E-state index contributed by atoms with van der Waals surface area (Å²) in [7, 11) is 0.0469. The Hall–Kier alpha value is -0.273. The molecule has 2 heterocycles. The number of hydrogen-bond donors (Lipinski definition) is 0. The smallest absolute Gasteiger partial charge is 0.187 e. The van der Waals surface area contributed by atoms with E-state index in [2.05, 4.69) is 19.6 Å². The highest BCUT2D eigenvalue weighted by molar-refractivity contribution is 6.79. The van der Waals surface area contributed by atoms with E-state index in [1.807, 2.05) is 13.8 Å². The Morgan fingerprint density at radius 2 is 1.85 bits per heavy atom. The van der Waals surface area contributed by atoms with E-state index in [1.165, 1.54) is 0 Å². The highest BCUT2D eigenvalue weighted by atomic mass is 28.3. The van der Waals surface area contributed by atoms with Crippen molar-refractivity contribution in [2.45, 2.75) is 75.3 Å². The molecule has 5 nitrogen and oxygen atoms in total. The van der Waals surface area contributed by atoms with Gasteiger partial charge in [0, 0.05) is 13.5 Å². The van der Waals surface area contributed by atoms with E-state index in [1.54, 1.807) is 7.11 Å². The number of Topliss-reactive ketones (excluding diaryl/α,β-unsaturated/α-hetero) is 1. The molecule has 2 aliphatic heterocycles. The Morgan fingerprint density at radius 3 is 2.35 bits per heavy atom. The monoisotopic (exact) mass is 300 g/mol. The summed E-state index contributed by atoms with van der Waals surface area (Å²) in [6.45, 7) is 10.6. The largest absolute Gasteiger partial charge is 0.353 e. The van der Waals surface area contributed by atoms with E-state index >= 15 is 0 Å². The number of fused-ring (bicyclic) bond motifs is 2. The fourth-order valence-corrected chi connectivity index (χ4v) is 6.32. The Kier molecular flexibility index (Phi) is 3.03. The predicted octanol–water partition coefficient (Wildman–Crippen LogP) is 1.93. The standard InChI is InChI=1S/C14H24O5Si/c1-13(2)17-10-11(18-13)14(19-12(10)16-3)8(15)7-9(14)20(4,5)6/h9-12H,7H2,1-6H3/t9?,10?,11?,12?,14-/m1/s1. The zero-order valence-corrected chi connectivity index (χ0v) is 14.1. The van der Waals surface area contributed by atoms with Gasteiger partial charge < -0.3 is 18.9 Å². The third-order valence-electron chi connectivity index (χ3n) is 4.75. The minimum atomic E-state index is -1.54. The van der Waals surface area contributed by atoms with Crippen LogP contribution in [0.2, 0.25) is 25.2 Å². The fourth-order valence-electron chi connectivity index (χ4n) is 3.84. The van der Waals surface area contributed by atoms with E-state index in [0.717, 1.165) is 0 Å². The highest BCUT2D eigenvalue weighted by Crippen LogP contribution is 2.59. The Bertz CT molecular complexity index is 443. The maximum absolute atomic E-state index is 12.4. The van der Waals surface area contributed by atoms with Crippen molar-refractivity contribution in [1.82, 2.24) is 0 Å². The van der Waals surface area contributed by atoms with Crippen molar-refractivity contribution in [3.8, 4) is 0 Å². The van der Waals surface area contributed by atoms with E-state index in [0.29, 0.717) is 6.42 Å². The van der Waals surface area contributed by atoms with Crippen molar-refractivity contribution in [1.29, 1.82) is 0 Å². The van der Waals surface area contributed by atoms with E-state index in [4.69, 9.17) is 18.9 Å². The van der Waals surface area contributed by atoms with Crippen LogP contribution in [0.15, 0.2) is 0 Å². The molecular formula is C14H24O5Si. The first-order valence-electron chi connectivity index (χ1n) is 7.21. The lowest BCUT2D eigenvalue weighted by Crippen LogP contribution is -2.66. The van der Waals surface area contributed by atoms with Crippen molar-refractivity contribution in [2.75, 3.05) is 7.11 Å². The fraction of sp³-hybridized carbons (Fsp3) is 0.929. The van der Waals surface area contributed by atoms with Gasteiger partial charge in [0.05, 0.1) is 8.07 Å². The Morgan fingerprint density at radius 1 is 1.20 bits per heavy atom. The number of hydrogen-bond acceptors (Lipinski definition) is 5. The number of ketones is 1. The van der Waals surface area contributed by atoms with Crippen LogP contribution >= 0.6 is 0 Å². The lowest BCUT2D eigenvalue weighted by molar-refractivity contribution is -0.255. The van der Waals surface area contributed by atoms with Crippen molar-refractivity contribution >= 4 is 13.9 Å². The predicted molar refractivity (Wildman–Crippen MR) is 75.2 cm³/mol. The molecule has 0 aromatic heterocycles. The van der Waals surface area contributed by atoms with Crippen molar-refractivity contribution in [3.63, 3.8) is 0 Å². The van der Waals surface area contributed by atoms with Crippen molar-refractivity contribution < 1.29 is 23.7 Å². The highest BCUT2D eigenvalue weighted by Gasteiger charge is 2.74. The molecule has 1 spiro atoms. The summed E-state index contributed by atoms with van der Waals surface area (Å²) in [5.74, 6) is -0.552. The van der Waals surface area contributed by atoms with Crippen LogP contribution in [-0.4, -0.2) is 50.9 Å². The molecule has 3 fully saturated rings. The molecule has 0 radical (unpaired) electrons. The van der Waals surface area contributed by atoms with Gasteiger partial charge in [-0.25, -0.2) is 0 Å². The first-order valence-corrected chi connectivity index (χ1v) is 10.8. The summed E-state index contributed by atoms with van der Waals surface area (Å²) in [5.41, 5.74) is -0.587. The van der Waals surface area contributed by atoms with Crippen LogP contribution in [0.3, 0.4) is 0 Å². The molecule has 0 aromatic rings. The van der Waals surface area contributed by atoms with Gasteiger partial charge >= 0.3 is 0 Å². The molecule has 20 heavy (non-hydrogen) atoms. The zero-order valence-electron chi connectivity index (χ0n) is 13.1. The second kappa shape index (κ2) is 4.13. The average Bonchev–Trinajstić information content (AvgIpc) is 2.76. The maximum atomic E-state index is 12.4. The lowest BCUT2D eigenvalue weighted by Gasteiger charge is -2.52. The second-order valence-electron chi connectivity index (χ2n) is 7.58. The van der Waals surface area contributed by atoms with Crippen LogP contribution in [0.1, 0.15) is 20.3 Å². The molecule has 4 unspecified atom stereocenters. The molecule has 1 aliphatic carbocycles.